The van der Waals surface area contributed by atoms with E-state index in [1.807, 2.05) is 0 Å². The van der Waals surface area contributed by atoms with Crippen molar-refractivity contribution in [3.63, 3.8) is 0 Å². The summed E-state index contributed by atoms with van der Waals surface area (Å²) >= 11 is 0. The van der Waals surface area contributed by atoms with Crippen molar-refractivity contribution < 1.29 is 22.8 Å². The van der Waals surface area contributed by atoms with Crippen LogP contribution in [0.4, 0.5) is 0 Å². The molecule has 0 rings (SSSR count). The summed E-state index contributed by atoms with van der Waals surface area (Å²) in [4.78, 5) is 11.1. The van der Waals surface area contributed by atoms with Gasteiger partial charge in [-0.05, 0) is 6.92 Å². The summed E-state index contributed by atoms with van der Waals surface area (Å²) in [5.41, 5.74) is 0.370. The van der Waals surface area contributed by atoms with Gasteiger partial charge in [0.25, 0.3) is 0 Å². The van der Waals surface area contributed by atoms with Gasteiger partial charge in [0.2, 0.25) is 0 Å². The first-order valence-electron chi connectivity index (χ1n) is 4.49. The predicted molar refractivity (Wildman–Crippen MR) is 57.4 cm³/mol. The Labute approximate surface area is 91.3 Å². The van der Waals surface area contributed by atoms with E-state index in [-0.39, 0.29) is 6.61 Å². The third-order valence-corrected chi connectivity index (χ3v) is 4.61. The highest BCUT2D eigenvalue weighted by Gasteiger charge is 2.37. The van der Waals surface area contributed by atoms with E-state index < -0.39 is 14.8 Å². The van der Waals surface area contributed by atoms with E-state index >= 15 is 0 Å². The number of ether oxygens (including phenoxy) is 1. The minimum Gasteiger partial charge on any atom is -0.462 e. The lowest BCUT2D eigenvalue weighted by atomic mass is 10.4. The maximum atomic E-state index is 11.1. The second-order valence-electron chi connectivity index (χ2n) is 2.96. The Morgan fingerprint density at radius 1 is 1.20 bits per heavy atom. The van der Waals surface area contributed by atoms with Gasteiger partial charge in [-0.15, -0.1) is 0 Å². The van der Waals surface area contributed by atoms with Gasteiger partial charge in [-0.25, -0.2) is 4.79 Å². The largest absolute Gasteiger partial charge is 0.503 e. The molecule has 0 aliphatic rings. The fraction of sp³-hybridized carbons (Fsp3) is 0.667. The number of rotatable bonds is 7. The molecule has 0 aliphatic heterocycles. The van der Waals surface area contributed by atoms with Gasteiger partial charge in [0.15, 0.2) is 0 Å². The highest BCUT2D eigenvalue weighted by atomic mass is 28.4. The van der Waals surface area contributed by atoms with Crippen molar-refractivity contribution in [2.24, 2.45) is 0 Å². The summed E-state index contributed by atoms with van der Waals surface area (Å²) in [6, 6.07) is 0.426. The molecule has 15 heavy (non-hydrogen) atoms. The normalized spacial score (nSPS) is 11.2. The molecule has 0 N–H and O–H groups in total. The Kier molecular flexibility index (Phi) is 6.42. The molecule has 0 saturated heterocycles. The Morgan fingerprint density at radius 2 is 1.67 bits per heavy atom. The van der Waals surface area contributed by atoms with E-state index in [9.17, 15) is 4.79 Å². The molecule has 0 radical (unpaired) electrons. The zero-order valence-electron chi connectivity index (χ0n) is 9.66. The van der Waals surface area contributed by atoms with E-state index in [1.54, 1.807) is 6.92 Å². The fourth-order valence-electron chi connectivity index (χ4n) is 0.948. The summed E-state index contributed by atoms with van der Waals surface area (Å²) in [7, 11) is 1.92. The average Bonchev–Trinajstić information content (AvgIpc) is 2.24. The van der Waals surface area contributed by atoms with Crippen molar-refractivity contribution in [2.75, 3.05) is 27.9 Å². The van der Waals surface area contributed by atoms with Gasteiger partial charge in [0, 0.05) is 26.9 Å². The number of hydrogen-bond donors (Lipinski definition) is 0. The summed E-state index contributed by atoms with van der Waals surface area (Å²) in [6.45, 7) is 5.27. The Hall–Kier alpha value is -0.693. The van der Waals surface area contributed by atoms with Crippen molar-refractivity contribution in [3.05, 3.63) is 12.2 Å². The molecular formula is C9H18O5Si. The molecule has 0 atom stereocenters. The molecule has 6 heteroatoms. The SMILES string of the molecule is C=C(C)C(=O)OCC[Si](OC)(OC)OC. The third-order valence-electron chi connectivity index (χ3n) is 1.92. The Morgan fingerprint density at radius 3 is 2.00 bits per heavy atom. The van der Waals surface area contributed by atoms with E-state index in [0.717, 1.165) is 0 Å². The zero-order valence-corrected chi connectivity index (χ0v) is 10.7. The lowest BCUT2D eigenvalue weighted by Crippen LogP contribution is -2.43. The summed E-state index contributed by atoms with van der Waals surface area (Å²) in [6.07, 6.45) is 0. The van der Waals surface area contributed by atoms with Crippen LogP contribution in [0.1, 0.15) is 6.92 Å². The first-order valence-corrected chi connectivity index (χ1v) is 6.42. The van der Waals surface area contributed by atoms with Gasteiger partial charge in [-0.1, -0.05) is 6.58 Å². The van der Waals surface area contributed by atoms with E-state index in [1.165, 1.54) is 21.3 Å². The molecule has 0 spiro atoms. The number of carbonyl (C=O) groups is 1. The van der Waals surface area contributed by atoms with Gasteiger partial charge in [-0.2, -0.15) is 0 Å². The predicted octanol–water partition coefficient (Wildman–Crippen LogP) is 0.984. The monoisotopic (exact) mass is 234 g/mol. The van der Waals surface area contributed by atoms with Crippen LogP contribution in [0.25, 0.3) is 0 Å². The van der Waals surface area contributed by atoms with Crippen molar-refractivity contribution in [3.8, 4) is 0 Å². The molecule has 0 aromatic rings. The fourth-order valence-corrected chi connectivity index (χ4v) is 2.41. The van der Waals surface area contributed by atoms with Crippen molar-refractivity contribution in [1.29, 1.82) is 0 Å². The molecular weight excluding hydrogens is 216 g/mol. The topological polar surface area (TPSA) is 54.0 Å². The van der Waals surface area contributed by atoms with Crippen LogP contribution in [0.3, 0.4) is 0 Å². The minimum atomic E-state index is -2.63. The number of hydrogen-bond acceptors (Lipinski definition) is 5. The molecule has 0 amide bonds. The molecule has 88 valence electrons. The maximum absolute atomic E-state index is 11.1. The lowest BCUT2D eigenvalue weighted by Gasteiger charge is -2.23. The first kappa shape index (κ1) is 14.3. The van der Waals surface area contributed by atoms with Crippen LogP contribution in [0.5, 0.6) is 0 Å². The average molecular weight is 234 g/mol. The highest BCUT2D eigenvalue weighted by Crippen LogP contribution is 2.12. The second kappa shape index (κ2) is 6.73. The molecule has 5 nitrogen and oxygen atoms in total. The van der Waals surface area contributed by atoms with Gasteiger partial charge in [0.1, 0.15) is 0 Å². The number of carbonyl (C=O) groups excluding carboxylic acids is 1. The Balaban J connectivity index is 4.02. The first-order chi connectivity index (χ1) is 7.01. The third kappa shape index (κ3) is 4.56. The molecule has 0 saturated carbocycles. The summed E-state index contributed by atoms with van der Waals surface area (Å²) in [5.74, 6) is -0.416. The van der Waals surface area contributed by atoms with E-state index in [0.29, 0.717) is 11.6 Å². The molecule has 0 fully saturated rings. The van der Waals surface area contributed by atoms with Crippen LogP contribution in [-0.4, -0.2) is 42.7 Å². The highest BCUT2D eigenvalue weighted by molar-refractivity contribution is 6.60. The smallest absolute Gasteiger partial charge is 0.462 e. The maximum Gasteiger partial charge on any atom is 0.503 e. The van der Waals surface area contributed by atoms with Crippen LogP contribution < -0.4 is 0 Å². The summed E-state index contributed by atoms with van der Waals surface area (Å²) < 4.78 is 20.4. The van der Waals surface area contributed by atoms with Crippen LogP contribution in [-0.2, 0) is 22.8 Å². The van der Waals surface area contributed by atoms with Crippen LogP contribution in [0.2, 0.25) is 6.04 Å². The van der Waals surface area contributed by atoms with Crippen LogP contribution >= 0.6 is 0 Å². The van der Waals surface area contributed by atoms with Gasteiger partial charge in [0.05, 0.1) is 12.7 Å². The van der Waals surface area contributed by atoms with Crippen molar-refractivity contribution >= 4 is 14.8 Å². The molecule has 0 bridgehead atoms. The summed E-state index contributed by atoms with van der Waals surface area (Å²) in [5, 5.41) is 0. The quantitative estimate of drug-likeness (QED) is 0.373. The Bertz CT molecular complexity index is 216. The zero-order chi connectivity index (χ0) is 11.9. The second-order valence-corrected chi connectivity index (χ2v) is 6.05. The molecule has 0 unspecified atom stereocenters. The van der Waals surface area contributed by atoms with E-state index in [2.05, 4.69) is 6.58 Å². The molecule has 0 heterocycles. The van der Waals surface area contributed by atoms with Gasteiger partial charge in [-0.3, -0.25) is 0 Å². The van der Waals surface area contributed by atoms with E-state index in [4.69, 9.17) is 18.0 Å². The van der Waals surface area contributed by atoms with Crippen LogP contribution in [0.15, 0.2) is 12.2 Å². The van der Waals surface area contributed by atoms with Crippen molar-refractivity contribution in [2.45, 2.75) is 13.0 Å². The van der Waals surface area contributed by atoms with Gasteiger partial charge >= 0.3 is 14.8 Å². The number of esters is 1. The lowest BCUT2D eigenvalue weighted by molar-refractivity contribution is -0.138. The van der Waals surface area contributed by atoms with Crippen LogP contribution in [0, 0.1) is 0 Å². The van der Waals surface area contributed by atoms with Gasteiger partial charge < -0.3 is 18.0 Å². The molecule has 0 aromatic carbocycles. The van der Waals surface area contributed by atoms with Crippen molar-refractivity contribution in [1.82, 2.24) is 0 Å². The molecule has 0 aromatic heterocycles. The molecule has 0 aliphatic carbocycles. The standard InChI is InChI=1S/C9H18O5Si/c1-8(2)9(10)14-6-7-15(11-3,12-4)13-5/h1,6-7H2,2-5H3. The minimum absolute atomic E-state index is 0.202.